The molecule has 0 bridgehead atoms. The van der Waals surface area contributed by atoms with Crippen molar-refractivity contribution in [3.05, 3.63) is 65.2 Å². The first kappa shape index (κ1) is 19.5. The molecule has 0 spiro atoms. The van der Waals surface area contributed by atoms with Gasteiger partial charge in [-0.15, -0.1) is 0 Å². The molecule has 136 valence electrons. The molecule has 0 amide bonds. The lowest BCUT2D eigenvalue weighted by Gasteiger charge is -2.24. The van der Waals surface area contributed by atoms with E-state index in [1.807, 2.05) is 12.1 Å². The number of hydrogen-bond donors (Lipinski definition) is 1. The third kappa shape index (κ3) is 6.18. The Kier molecular flexibility index (Phi) is 7.03. The molecule has 2 aromatic rings. The van der Waals surface area contributed by atoms with E-state index < -0.39 is 0 Å². The van der Waals surface area contributed by atoms with E-state index in [1.165, 1.54) is 16.7 Å². The number of nitrogens with zero attached hydrogens (tertiary/aromatic N) is 1. The SMILES string of the molecule is COc1cccc(CN(CCCN)Cc2ccc(C(C)(C)C)cc2)c1. The Bertz CT molecular complexity index is 644. The van der Waals surface area contributed by atoms with E-state index in [2.05, 4.69) is 62.1 Å². The molecule has 0 unspecified atom stereocenters. The first-order valence-corrected chi connectivity index (χ1v) is 9.07. The molecule has 2 rings (SSSR count). The molecular weight excluding hydrogens is 308 g/mol. The van der Waals surface area contributed by atoms with Crippen molar-refractivity contribution >= 4 is 0 Å². The molecule has 0 radical (unpaired) electrons. The third-order valence-electron chi connectivity index (χ3n) is 4.44. The lowest BCUT2D eigenvalue weighted by molar-refractivity contribution is 0.254. The average molecular weight is 341 g/mol. The zero-order chi connectivity index (χ0) is 18.3. The van der Waals surface area contributed by atoms with Crippen molar-refractivity contribution < 1.29 is 4.74 Å². The van der Waals surface area contributed by atoms with E-state index in [-0.39, 0.29) is 5.41 Å². The van der Waals surface area contributed by atoms with Crippen LogP contribution in [0.1, 0.15) is 43.9 Å². The summed E-state index contributed by atoms with van der Waals surface area (Å²) in [5.41, 5.74) is 9.90. The Morgan fingerprint density at radius 2 is 1.64 bits per heavy atom. The minimum Gasteiger partial charge on any atom is -0.497 e. The molecular formula is C22H32N2O. The third-order valence-corrected chi connectivity index (χ3v) is 4.44. The van der Waals surface area contributed by atoms with Gasteiger partial charge in [0.05, 0.1) is 7.11 Å². The van der Waals surface area contributed by atoms with Crippen LogP contribution in [0.3, 0.4) is 0 Å². The minimum absolute atomic E-state index is 0.193. The Balaban J connectivity index is 2.08. The summed E-state index contributed by atoms with van der Waals surface area (Å²) in [4.78, 5) is 2.45. The van der Waals surface area contributed by atoms with Gasteiger partial charge in [-0.25, -0.2) is 0 Å². The lowest BCUT2D eigenvalue weighted by atomic mass is 9.87. The van der Waals surface area contributed by atoms with Gasteiger partial charge >= 0.3 is 0 Å². The average Bonchev–Trinajstić information content (AvgIpc) is 2.59. The molecule has 0 aliphatic heterocycles. The van der Waals surface area contributed by atoms with E-state index in [0.717, 1.165) is 38.3 Å². The van der Waals surface area contributed by atoms with Crippen molar-refractivity contribution in [2.45, 2.75) is 45.7 Å². The Labute approximate surface area is 152 Å². The quantitative estimate of drug-likeness (QED) is 0.777. The molecule has 3 nitrogen and oxygen atoms in total. The second-order valence-corrected chi connectivity index (χ2v) is 7.65. The van der Waals surface area contributed by atoms with Crippen LogP contribution in [0.25, 0.3) is 0 Å². The van der Waals surface area contributed by atoms with E-state index in [1.54, 1.807) is 7.11 Å². The number of ether oxygens (including phenoxy) is 1. The largest absolute Gasteiger partial charge is 0.497 e. The maximum Gasteiger partial charge on any atom is 0.119 e. The molecule has 0 fully saturated rings. The Morgan fingerprint density at radius 1 is 0.960 bits per heavy atom. The summed E-state index contributed by atoms with van der Waals surface area (Å²) in [5.74, 6) is 0.908. The van der Waals surface area contributed by atoms with Crippen LogP contribution in [-0.4, -0.2) is 25.1 Å². The summed E-state index contributed by atoms with van der Waals surface area (Å²) < 4.78 is 5.34. The molecule has 0 aliphatic carbocycles. The summed E-state index contributed by atoms with van der Waals surface area (Å²) in [6, 6.07) is 17.3. The highest BCUT2D eigenvalue weighted by Gasteiger charge is 2.13. The van der Waals surface area contributed by atoms with Crippen molar-refractivity contribution in [1.29, 1.82) is 0 Å². The van der Waals surface area contributed by atoms with Gasteiger partial charge in [-0.2, -0.15) is 0 Å². The fourth-order valence-electron chi connectivity index (χ4n) is 2.93. The van der Waals surface area contributed by atoms with Crippen molar-refractivity contribution in [2.75, 3.05) is 20.2 Å². The zero-order valence-electron chi connectivity index (χ0n) is 16.1. The topological polar surface area (TPSA) is 38.5 Å². The van der Waals surface area contributed by atoms with Gasteiger partial charge in [-0.3, -0.25) is 4.90 Å². The molecule has 0 heterocycles. The summed E-state index contributed by atoms with van der Waals surface area (Å²) >= 11 is 0. The molecule has 2 aromatic carbocycles. The highest BCUT2D eigenvalue weighted by molar-refractivity contribution is 5.29. The van der Waals surface area contributed by atoms with Gasteiger partial charge < -0.3 is 10.5 Å². The summed E-state index contributed by atoms with van der Waals surface area (Å²) in [6.07, 6.45) is 1.00. The fourth-order valence-corrected chi connectivity index (χ4v) is 2.93. The minimum atomic E-state index is 0.193. The van der Waals surface area contributed by atoms with Crippen LogP contribution < -0.4 is 10.5 Å². The number of hydrogen-bond acceptors (Lipinski definition) is 3. The van der Waals surface area contributed by atoms with Crippen LogP contribution in [0.5, 0.6) is 5.75 Å². The summed E-state index contributed by atoms with van der Waals surface area (Å²) in [5, 5.41) is 0. The number of benzene rings is 2. The van der Waals surface area contributed by atoms with E-state index in [4.69, 9.17) is 10.5 Å². The van der Waals surface area contributed by atoms with Gasteiger partial charge in [-0.1, -0.05) is 57.2 Å². The molecule has 0 atom stereocenters. The second-order valence-electron chi connectivity index (χ2n) is 7.65. The van der Waals surface area contributed by atoms with Gasteiger partial charge in [0.25, 0.3) is 0 Å². The lowest BCUT2D eigenvalue weighted by Crippen LogP contribution is -2.25. The van der Waals surface area contributed by atoms with Gasteiger partial charge in [0, 0.05) is 19.6 Å². The van der Waals surface area contributed by atoms with Crippen molar-refractivity contribution in [3.8, 4) is 5.75 Å². The van der Waals surface area contributed by atoms with Crippen molar-refractivity contribution in [3.63, 3.8) is 0 Å². The Morgan fingerprint density at radius 3 is 2.24 bits per heavy atom. The Hall–Kier alpha value is -1.84. The van der Waals surface area contributed by atoms with Crippen molar-refractivity contribution in [2.24, 2.45) is 5.73 Å². The maximum atomic E-state index is 5.73. The second kappa shape index (κ2) is 9.02. The summed E-state index contributed by atoms with van der Waals surface area (Å²) in [6.45, 7) is 10.3. The molecule has 0 aromatic heterocycles. The molecule has 0 saturated carbocycles. The highest BCUT2D eigenvalue weighted by atomic mass is 16.5. The molecule has 25 heavy (non-hydrogen) atoms. The monoisotopic (exact) mass is 340 g/mol. The van der Waals surface area contributed by atoms with Crippen LogP contribution in [0.2, 0.25) is 0 Å². The number of nitrogens with two attached hydrogens (primary N) is 1. The standard InChI is InChI=1S/C22H32N2O/c1-22(2,3)20-11-9-18(10-12-20)16-24(14-6-13-23)17-19-7-5-8-21(15-19)25-4/h5,7-12,15H,6,13-14,16-17,23H2,1-4H3. The van der Waals surface area contributed by atoms with Crippen LogP contribution in [0, 0.1) is 0 Å². The van der Waals surface area contributed by atoms with Crippen molar-refractivity contribution in [1.82, 2.24) is 4.90 Å². The predicted molar refractivity (Wildman–Crippen MR) is 106 cm³/mol. The van der Waals surface area contributed by atoms with Crippen LogP contribution in [0.4, 0.5) is 0 Å². The molecule has 0 aliphatic rings. The first-order valence-electron chi connectivity index (χ1n) is 9.07. The maximum absolute atomic E-state index is 5.73. The molecule has 2 N–H and O–H groups in total. The molecule has 0 saturated heterocycles. The van der Waals surface area contributed by atoms with Crippen LogP contribution >= 0.6 is 0 Å². The number of rotatable bonds is 8. The van der Waals surface area contributed by atoms with Gasteiger partial charge in [-0.05, 0) is 47.2 Å². The first-order chi connectivity index (χ1) is 11.9. The summed E-state index contributed by atoms with van der Waals surface area (Å²) in [7, 11) is 1.71. The van der Waals surface area contributed by atoms with E-state index in [0.29, 0.717) is 0 Å². The van der Waals surface area contributed by atoms with Gasteiger partial charge in [0.2, 0.25) is 0 Å². The van der Waals surface area contributed by atoms with Gasteiger partial charge in [0.15, 0.2) is 0 Å². The highest BCUT2D eigenvalue weighted by Crippen LogP contribution is 2.23. The van der Waals surface area contributed by atoms with Crippen LogP contribution in [0.15, 0.2) is 48.5 Å². The van der Waals surface area contributed by atoms with E-state index in [9.17, 15) is 0 Å². The van der Waals surface area contributed by atoms with Gasteiger partial charge in [0.1, 0.15) is 5.75 Å². The smallest absolute Gasteiger partial charge is 0.119 e. The molecule has 3 heteroatoms. The van der Waals surface area contributed by atoms with E-state index >= 15 is 0 Å². The number of methoxy groups -OCH3 is 1. The fraction of sp³-hybridized carbons (Fsp3) is 0.455. The van der Waals surface area contributed by atoms with Crippen LogP contribution in [-0.2, 0) is 18.5 Å². The zero-order valence-corrected chi connectivity index (χ0v) is 16.1. The normalized spacial score (nSPS) is 11.8. The predicted octanol–water partition coefficient (Wildman–Crippen LogP) is 4.34.